The minimum atomic E-state index is -0.778. The maximum absolute atomic E-state index is 13.2. The van der Waals surface area contributed by atoms with Crippen molar-refractivity contribution in [3.8, 4) is 5.75 Å². The molecule has 0 heterocycles. The zero-order valence-corrected chi connectivity index (χ0v) is 12.1. The quantitative estimate of drug-likeness (QED) is 0.848. The summed E-state index contributed by atoms with van der Waals surface area (Å²) in [6.07, 6.45) is 1.30. The fourth-order valence-electron chi connectivity index (χ4n) is 2.84. The molecule has 0 saturated heterocycles. The van der Waals surface area contributed by atoms with E-state index < -0.39 is 17.2 Å². The molecule has 4 nitrogen and oxygen atoms in total. The maximum Gasteiger partial charge on any atom is 0.326 e. The Labute approximate surface area is 122 Å². The van der Waals surface area contributed by atoms with E-state index >= 15 is 0 Å². The van der Waals surface area contributed by atoms with Crippen LogP contribution in [0.3, 0.4) is 0 Å². The number of ether oxygens (including phenoxy) is 2. The Morgan fingerprint density at radius 2 is 2.05 bits per heavy atom. The number of benzene rings is 1. The van der Waals surface area contributed by atoms with Crippen LogP contribution in [0.15, 0.2) is 18.2 Å². The normalized spacial score (nSPS) is 24.9. The van der Waals surface area contributed by atoms with Gasteiger partial charge >= 0.3 is 5.97 Å². The van der Waals surface area contributed by atoms with E-state index in [0.717, 1.165) is 18.2 Å². The Balaban J connectivity index is 2.08. The molecular weight excluding hydrogens is 280 g/mol. The van der Waals surface area contributed by atoms with Gasteiger partial charge in [-0.15, -0.1) is 0 Å². The van der Waals surface area contributed by atoms with Crippen LogP contribution in [0.5, 0.6) is 5.75 Å². The monoisotopic (exact) mass is 299 g/mol. The van der Waals surface area contributed by atoms with E-state index in [1.165, 1.54) is 7.11 Å². The molecule has 21 heavy (non-hydrogen) atoms. The highest BCUT2D eigenvalue weighted by Gasteiger charge is 2.46. The molecule has 0 aromatic heterocycles. The van der Waals surface area contributed by atoms with E-state index in [0.29, 0.717) is 25.8 Å². The van der Waals surface area contributed by atoms with Gasteiger partial charge in [0, 0.05) is 24.6 Å². The fraction of sp³-hybridized carbons (Fsp3) is 0.533. The lowest BCUT2D eigenvalue weighted by molar-refractivity contribution is -0.148. The molecule has 116 valence electrons. The van der Waals surface area contributed by atoms with E-state index in [4.69, 9.17) is 9.47 Å². The average Bonchev–Trinajstić information content (AvgIpc) is 2.81. The Bertz CT molecular complexity index is 503. The molecule has 2 unspecified atom stereocenters. The van der Waals surface area contributed by atoms with Crippen molar-refractivity contribution in [2.24, 2.45) is 0 Å². The van der Waals surface area contributed by atoms with Crippen LogP contribution in [-0.2, 0) is 9.53 Å². The van der Waals surface area contributed by atoms with Crippen molar-refractivity contribution in [2.45, 2.75) is 37.8 Å². The van der Waals surface area contributed by atoms with Gasteiger partial charge in [-0.25, -0.2) is 8.78 Å². The summed E-state index contributed by atoms with van der Waals surface area (Å²) < 4.78 is 36.8. The molecule has 1 fully saturated rings. The van der Waals surface area contributed by atoms with Crippen molar-refractivity contribution in [3.05, 3.63) is 29.8 Å². The zero-order valence-electron chi connectivity index (χ0n) is 12.1. The first-order chi connectivity index (χ1) is 9.99. The van der Waals surface area contributed by atoms with Crippen molar-refractivity contribution in [1.29, 1.82) is 0 Å². The second-order valence-electron chi connectivity index (χ2n) is 5.19. The summed E-state index contributed by atoms with van der Waals surface area (Å²) in [5.74, 6) is -1.57. The van der Waals surface area contributed by atoms with Crippen LogP contribution in [0.25, 0.3) is 0 Å². The number of carbonyl (C=O) groups excluding carboxylic acids is 1. The molecule has 0 radical (unpaired) electrons. The second kappa shape index (κ2) is 6.39. The van der Waals surface area contributed by atoms with E-state index in [-0.39, 0.29) is 17.8 Å². The van der Waals surface area contributed by atoms with Crippen molar-refractivity contribution in [1.82, 2.24) is 5.32 Å². The molecule has 1 aliphatic rings. The SMILES string of the molecule is CCNC1(C(=O)OC)CCC(Oc2cc(F)cc(F)c2)C1. The molecule has 1 aromatic rings. The number of rotatable bonds is 5. The molecule has 1 aliphatic carbocycles. The highest BCUT2D eigenvalue weighted by Crippen LogP contribution is 2.34. The van der Waals surface area contributed by atoms with Crippen molar-refractivity contribution in [3.63, 3.8) is 0 Å². The Morgan fingerprint density at radius 1 is 1.38 bits per heavy atom. The van der Waals surface area contributed by atoms with Gasteiger partial charge in [0.25, 0.3) is 0 Å². The van der Waals surface area contributed by atoms with Gasteiger partial charge in [0.1, 0.15) is 29.0 Å². The largest absolute Gasteiger partial charge is 0.490 e. The maximum atomic E-state index is 13.2. The first-order valence-corrected chi connectivity index (χ1v) is 6.95. The number of halogens is 2. The van der Waals surface area contributed by atoms with Gasteiger partial charge in [-0.3, -0.25) is 4.79 Å². The summed E-state index contributed by atoms with van der Waals surface area (Å²) >= 11 is 0. The number of carbonyl (C=O) groups is 1. The molecule has 0 aliphatic heterocycles. The molecule has 6 heteroatoms. The van der Waals surface area contributed by atoms with Gasteiger partial charge in [-0.05, 0) is 19.4 Å². The van der Waals surface area contributed by atoms with Crippen LogP contribution in [0, 0.1) is 11.6 Å². The minimum absolute atomic E-state index is 0.134. The van der Waals surface area contributed by atoms with Crippen LogP contribution in [-0.4, -0.2) is 31.3 Å². The van der Waals surface area contributed by atoms with E-state index in [1.54, 1.807) is 0 Å². The summed E-state index contributed by atoms with van der Waals surface area (Å²) in [6.45, 7) is 2.53. The Hall–Kier alpha value is -1.69. The lowest BCUT2D eigenvalue weighted by Crippen LogP contribution is -2.51. The van der Waals surface area contributed by atoms with Gasteiger partial charge in [0.15, 0.2) is 0 Å². The van der Waals surface area contributed by atoms with Crippen LogP contribution < -0.4 is 10.1 Å². The average molecular weight is 299 g/mol. The predicted octanol–water partition coefficient (Wildman–Crippen LogP) is 2.42. The van der Waals surface area contributed by atoms with Crippen LogP contribution in [0.1, 0.15) is 26.2 Å². The zero-order chi connectivity index (χ0) is 15.5. The Kier molecular flexibility index (Phi) is 4.77. The molecule has 1 saturated carbocycles. The molecule has 1 N–H and O–H groups in total. The first kappa shape index (κ1) is 15.7. The predicted molar refractivity (Wildman–Crippen MR) is 73.0 cm³/mol. The molecular formula is C15H19F2NO3. The summed E-state index contributed by atoms with van der Waals surface area (Å²) in [6, 6.07) is 3.06. The fourth-order valence-corrected chi connectivity index (χ4v) is 2.84. The first-order valence-electron chi connectivity index (χ1n) is 6.95. The van der Waals surface area contributed by atoms with Crippen LogP contribution in [0.2, 0.25) is 0 Å². The van der Waals surface area contributed by atoms with Crippen molar-refractivity contribution >= 4 is 5.97 Å². The third-order valence-corrected chi connectivity index (χ3v) is 3.70. The summed E-state index contributed by atoms with van der Waals surface area (Å²) in [5.41, 5.74) is -0.778. The van der Waals surface area contributed by atoms with E-state index in [1.807, 2.05) is 6.92 Å². The molecule has 2 atom stereocenters. The second-order valence-corrected chi connectivity index (χ2v) is 5.19. The van der Waals surface area contributed by atoms with Gasteiger partial charge in [0.2, 0.25) is 0 Å². The summed E-state index contributed by atoms with van der Waals surface area (Å²) in [4.78, 5) is 12.0. The summed E-state index contributed by atoms with van der Waals surface area (Å²) in [5, 5.41) is 3.14. The van der Waals surface area contributed by atoms with Gasteiger partial charge < -0.3 is 14.8 Å². The molecule has 0 bridgehead atoms. The summed E-state index contributed by atoms with van der Waals surface area (Å²) in [7, 11) is 1.34. The van der Waals surface area contributed by atoms with Crippen molar-refractivity contribution < 1.29 is 23.0 Å². The molecule has 0 spiro atoms. The van der Waals surface area contributed by atoms with E-state index in [9.17, 15) is 13.6 Å². The topological polar surface area (TPSA) is 47.6 Å². The number of esters is 1. The van der Waals surface area contributed by atoms with Crippen molar-refractivity contribution in [2.75, 3.05) is 13.7 Å². The Morgan fingerprint density at radius 3 is 2.62 bits per heavy atom. The standard InChI is InChI=1S/C15H19F2NO3/c1-3-18-15(14(19)20-2)5-4-12(9-15)21-13-7-10(16)6-11(17)8-13/h6-8,12,18H,3-5,9H2,1-2H3. The molecule has 2 rings (SSSR count). The molecule has 1 aromatic carbocycles. The number of likely N-dealkylation sites (N-methyl/N-ethyl adjacent to an activating group) is 1. The van der Waals surface area contributed by atoms with Gasteiger partial charge in [-0.1, -0.05) is 6.92 Å². The smallest absolute Gasteiger partial charge is 0.326 e. The highest BCUT2D eigenvalue weighted by molar-refractivity contribution is 5.81. The van der Waals surface area contributed by atoms with E-state index in [2.05, 4.69) is 5.32 Å². The highest BCUT2D eigenvalue weighted by atomic mass is 19.1. The van der Waals surface area contributed by atoms with Crippen LogP contribution >= 0.6 is 0 Å². The van der Waals surface area contributed by atoms with Crippen LogP contribution in [0.4, 0.5) is 8.78 Å². The number of hydrogen-bond acceptors (Lipinski definition) is 4. The lowest BCUT2D eigenvalue weighted by Gasteiger charge is -2.27. The number of methoxy groups -OCH3 is 1. The number of nitrogens with one attached hydrogen (secondary N) is 1. The van der Waals surface area contributed by atoms with Gasteiger partial charge in [0.05, 0.1) is 7.11 Å². The molecule has 0 amide bonds. The third-order valence-electron chi connectivity index (χ3n) is 3.70. The third kappa shape index (κ3) is 3.50. The van der Waals surface area contributed by atoms with Gasteiger partial charge in [-0.2, -0.15) is 0 Å². The lowest BCUT2D eigenvalue weighted by atomic mass is 9.97. The number of hydrogen-bond donors (Lipinski definition) is 1. The minimum Gasteiger partial charge on any atom is -0.490 e.